The van der Waals surface area contributed by atoms with Gasteiger partial charge in [0, 0.05) is 0 Å². The molecular formula is C7H4BrNSZn. The van der Waals surface area contributed by atoms with Gasteiger partial charge in [-0.2, -0.15) is 0 Å². The van der Waals surface area contributed by atoms with Crippen LogP contribution < -0.4 is 0 Å². The van der Waals surface area contributed by atoms with Gasteiger partial charge in [0.15, 0.2) is 0 Å². The van der Waals surface area contributed by atoms with E-state index in [1.54, 1.807) is 11.3 Å². The number of halogens is 1. The molecule has 1 nitrogen and oxygen atoms in total. The van der Waals surface area contributed by atoms with Crippen LogP contribution in [0.25, 0.3) is 10.2 Å². The SMILES string of the molecule is [Zn+][Br].[c-]1nc2ccccc2s1. The van der Waals surface area contributed by atoms with Crippen LogP contribution >= 0.6 is 25.0 Å². The Hall–Kier alpha value is 0.213. The van der Waals surface area contributed by atoms with Crippen LogP contribution in [0.1, 0.15) is 0 Å². The van der Waals surface area contributed by atoms with Crippen molar-refractivity contribution in [2.24, 2.45) is 0 Å². The molecule has 1 heterocycles. The fraction of sp³-hybridized carbons (Fsp3) is 0. The molecule has 0 aliphatic heterocycles. The van der Waals surface area contributed by atoms with E-state index < -0.39 is 0 Å². The summed E-state index contributed by atoms with van der Waals surface area (Å²) in [6.45, 7) is 0. The van der Waals surface area contributed by atoms with E-state index in [9.17, 15) is 0 Å². The van der Waals surface area contributed by atoms with E-state index in [0.29, 0.717) is 0 Å². The second-order valence-corrected chi connectivity index (χ2v) is 2.60. The number of hydrogen-bond donors (Lipinski definition) is 0. The molecule has 1 aromatic carbocycles. The van der Waals surface area contributed by atoms with Crippen LogP contribution in [0.2, 0.25) is 0 Å². The van der Waals surface area contributed by atoms with E-state index in [0.717, 1.165) is 5.52 Å². The van der Waals surface area contributed by atoms with Gasteiger partial charge in [-0.3, -0.25) is 11.3 Å². The fourth-order valence-electron chi connectivity index (χ4n) is 0.757. The summed E-state index contributed by atoms with van der Waals surface area (Å²) in [5.41, 5.74) is 3.87. The number of fused-ring (bicyclic) bond motifs is 1. The number of benzene rings is 1. The van der Waals surface area contributed by atoms with Crippen LogP contribution in [-0.4, -0.2) is 4.98 Å². The van der Waals surface area contributed by atoms with Gasteiger partial charge in [0.1, 0.15) is 0 Å². The second kappa shape index (κ2) is 4.97. The van der Waals surface area contributed by atoms with Crippen molar-refractivity contribution in [2.45, 2.75) is 0 Å². The third-order valence-electron chi connectivity index (χ3n) is 1.19. The van der Waals surface area contributed by atoms with Crippen molar-refractivity contribution in [3.63, 3.8) is 0 Å². The molecule has 0 radical (unpaired) electrons. The fourth-order valence-corrected chi connectivity index (χ4v) is 1.36. The number of aromatic nitrogens is 1. The molecule has 0 spiro atoms. The van der Waals surface area contributed by atoms with Gasteiger partial charge in [-0.15, -0.1) is 16.8 Å². The number of hydrogen-bond acceptors (Lipinski definition) is 2. The summed E-state index contributed by atoms with van der Waals surface area (Å²) in [4.78, 5) is 4.01. The summed E-state index contributed by atoms with van der Waals surface area (Å²) in [6, 6.07) is 8.02. The van der Waals surface area contributed by atoms with Crippen LogP contribution in [0, 0.1) is 5.51 Å². The molecule has 0 aliphatic carbocycles. The molecule has 1 aromatic heterocycles. The number of nitrogens with zero attached hydrogens (tertiary/aromatic N) is 1. The Morgan fingerprint density at radius 3 is 2.82 bits per heavy atom. The number of para-hydroxylation sites is 1. The molecule has 0 saturated carbocycles. The molecule has 0 unspecified atom stereocenters. The van der Waals surface area contributed by atoms with Crippen LogP contribution in [0.3, 0.4) is 0 Å². The largest absolute Gasteiger partial charge is 0.386 e. The normalized spacial score (nSPS) is 9.00. The Morgan fingerprint density at radius 2 is 2.09 bits per heavy atom. The Bertz CT molecular complexity index is 292. The third-order valence-corrected chi connectivity index (χ3v) is 1.93. The summed E-state index contributed by atoms with van der Waals surface area (Å²) < 4.78 is 1.21. The van der Waals surface area contributed by atoms with Crippen LogP contribution in [0.15, 0.2) is 24.3 Å². The van der Waals surface area contributed by atoms with Crippen LogP contribution in [0.5, 0.6) is 0 Å². The molecule has 2 aromatic rings. The summed E-state index contributed by atoms with van der Waals surface area (Å²) in [7, 11) is 0. The molecule has 2 rings (SSSR count). The van der Waals surface area contributed by atoms with E-state index in [2.05, 4.69) is 24.1 Å². The zero-order valence-corrected chi connectivity index (χ0v) is 11.1. The molecule has 0 bridgehead atoms. The Balaban J connectivity index is 0.000000281. The van der Waals surface area contributed by atoms with Crippen LogP contribution in [-0.2, 0) is 16.3 Å². The van der Waals surface area contributed by atoms with E-state index >= 15 is 0 Å². The minimum absolute atomic E-state index is 1.04. The van der Waals surface area contributed by atoms with Gasteiger partial charge in [0.05, 0.1) is 0 Å². The standard InChI is InChI=1S/C7H4NS.BrH.Zn/c1-2-4-7-6(3-1)8-5-9-7;;/h1-4H;1H;/q-1;;+2/p-1. The first kappa shape index (κ1) is 9.30. The van der Waals surface area contributed by atoms with Crippen molar-refractivity contribution in [2.75, 3.05) is 0 Å². The smallest absolute Gasteiger partial charge is 0.0208 e. The predicted octanol–water partition coefficient (Wildman–Crippen LogP) is 2.94. The average molecular weight is 279 g/mol. The van der Waals surface area contributed by atoms with Crippen molar-refractivity contribution in [1.82, 2.24) is 4.98 Å². The minimum atomic E-state index is 1.04. The van der Waals surface area contributed by atoms with Crippen molar-refractivity contribution < 1.29 is 16.3 Å². The Morgan fingerprint density at radius 1 is 1.36 bits per heavy atom. The number of thiazole rings is 1. The topological polar surface area (TPSA) is 12.9 Å². The maximum Gasteiger partial charge on any atom is -0.0208 e. The first-order valence-corrected chi connectivity index (χ1v) is 10.7. The maximum atomic E-state index is 4.01. The van der Waals surface area contributed by atoms with Gasteiger partial charge < -0.3 is 4.98 Å². The predicted molar refractivity (Wildman–Crippen MR) is 47.4 cm³/mol. The van der Waals surface area contributed by atoms with E-state index in [1.165, 1.54) is 21.0 Å². The van der Waals surface area contributed by atoms with Crippen molar-refractivity contribution in [3.05, 3.63) is 29.8 Å². The van der Waals surface area contributed by atoms with Gasteiger partial charge in [-0.25, -0.2) is 0 Å². The van der Waals surface area contributed by atoms with Gasteiger partial charge in [0.2, 0.25) is 0 Å². The molecule has 0 atom stereocenters. The van der Waals surface area contributed by atoms with E-state index in [4.69, 9.17) is 0 Å². The summed E-state index contributed by atoms with van der Waals surface area (Å²) in [6.07, 6.45) is 0. The molecule has 0 amide bonds. The quantitative estimate of drug-likeness (QED) is 0.534. The molecular weight excluding hydrogens is 275 g/mol. The summed E-state index contributed by atoms with van der Waals surface area (Å²) in [5, 5.41) is 0. The number of rotatable bonds is 0. The first-order chi connectivity index (χ1) is 5.47. The zero-order valence-electron chi connectivity index (χ0n) is 5.75. The van der Waals surface area contributed by atoms with Gasteiger partial charge in [-0.05, 0) is 5.51 Å². The molecule has 11 heavy (non-hydrogen) atoms. The molecule has 52 valence electrons. The summed E-state index contributed by atoms with van der Waals surface area (Å²) >= 11 is 5.80. The van der Waals surface area contributed by atoms with Gasteiger partial charge in [0.25, 0.3) is 0 Å². The van der Waals surface area contributed by atoms with Crippen LogP contribution in [0.4, 0.5) is 0 Å². The Kier molecular flexibility index (Phi) is 4.20. The van der Waals surface area contributed by atoms with E-state index in [-0.39, 0.29) is 0 Å². The Labute approximate surface area is 85.9 Å². The van der Waals surface area contributed by atoms with Crippen molar-refractivity contribution in [1.29, 1.82) is 0 Å². The average Bonchev–Trinajstić information content (AvgIpc) is 2.55. The van der Waals surface area contributed by atoms with Gasteiger partial charge >= 0.3 is 30.0 Å². The summed E-state index contributed by atoms with van der Waals surface area (Å²) in [5.74, 6) is 0. The zero-order chi connectivity index (χ0) is 8.10. The second-order valence-electron chi connectivity index (χ2n) is 1.77. The molecule has 0 saturated heterocycles. The first-order valence-electron chi connectivity index (χ1n) is 2.95. The molecule has 4 heteroatoms. The van der Waals surface area contributed by atoms with E-state index in [1.807, 2.05) is 24.3 Å². The monoisotopic (exact) mass is 277 g/mol. The maximum absolute atomic E-state index is 4.01. The van der Waals surface area contributed by atoms with Gasteiger partial charge in [-0.1, -0.05) is 17.6 Å². The third kappa shape index (κ3) is 2.33. The van der Waals surface area contributed by atoms with Crippen molar-refractivity contribution in [3.8, 4) is 0 Å². The molecule has 0 fully saturated rings. The minimum Gasteiger partial charge on any atom is -0.386 e. The molecule has 0 N–H and O–H groups in total. The molecule has 0 aliphatic rings. The van der Waals surface area contributed by atoms with Crippen molar-refractivity contribution >= 4 is 35.2 Å².